The standard InChI is InChI=1S/C14HF7/c1-2-3-4-5-8(15)6-7(10(17)9(5)16)12(19)14(21)13(20)11(6)18/h1H. The van der Waals surface area contributed by atoms with Crippen LogP contribution in [-0.2, 0) is 0 Å². The van der Waals surface area contributed by atoms with Gasteiger partial charge in [-0.1, -0.05) is 0 Å². The lowest BCUT2D eigenvalue weighted by Crippen LogP contribution is -2.06. The third kappa shape index (κ3) is 1.98. The molecular weight excluding hydrogens is 301 g/mol. The molecule has 7 heteroatoms. The predicted octanol–water partition coefficient (Wildman–Crippen LogP) is 3.80. The number of terminal acetylenes is 1. The molecular formula is C14HF7. The van der Waals surface area contributed by atoms with E-state index in [2.05, 4.69) is 0 Å². The maximum absolute atomic E-state index is 13.9. The molecule has 0 bridgehead atoms. The second-order valence-corrected chi connectivity index (χ2v) is 3.72. The number of benzene rings is 2. The van der Waals surface area contributed by atoms with Crippen LogP contribution in [0.3, 0.4) is 0 Å². The lowest BCUT2D eigenvalue weighted by atomic mass is 10.0. The Morgan fingerprint density at radius 1 is 0.571 bits per heavy atom. The molecule has 0 fully saturated rings. The van der Waals surface area contributed by atoms with Crippen LogP contribution >= 0.6 is 0 Å². The van der Waals surface area contributed by atoms with Gasteiger partial charge in [-0.25, -0.2) is 30.7 Å². The van der Waals surface area contributed by atoms with E-state index < -0.39 is 57.1 Å². The molecule has 0 aliphatic carbocycles. The SMILES string of the molecule is C#CC#Cc1c(F)c(F)c2c(F)c(F)c(F)c(F)c2c1F. The van der Waals surface area contributed by atoms with E-state index in [-0.39, 0.29) is 0 Å². The van der Waals surface area contributed by atoms with Gasteiger partial charge in [0.1, 0.15) is 5.56 Å². The van der Waals surface area contributed by atoms with Crippen LogP contribution in [0.2, 0.25) is 0 Å². The van der Waals surface area contributed by atoms with E-state index in [0.717, 1.165) is 0 Å². The van der Waals surface area contributed by atoms with Gasteiger partial charge in [-0.3, -0.25) is 0 Å². The highest BCUT2D eigenvalue weighted by molar-refractivity contribution is 5.87. The van der Waals surface area contributed by atoms with Crippen molar-refractivity contribution in [3.63, 3.8) is 0 Å². The number of hydrogen-bond donors (Lipinski definition) is 0. The van der Waals surface area contributed by atoms with E-state index in [1.807, 2.05) is 0 Å². The van der Waals surface area contributed by atoms with Crippen molar-refractivity contribution in [1.82, 2.24) is 0 Å². The van der Waals surface area contributed by atoms with E-state index in [4.69, 9.17) is 6.42 Å². The van der Waals surface area contributed by atoms with Gasteiger partial charge in [0, 0.05) is 0 Å². The molecule has 0 radical (unpaired) electrons. The molecule has 0 aromatic heterocycles. The molecule has 0 atom stereocenters. The zero-order valence-electron chi connectivity index (χ0n) is 9.72. The molecule has 2 rings (SSSR count). The lowest BCUT2D eigenvalue weighted by Gasteiger charge is -2.09. The van der Waals surface area contributed by atoms with Gasteiger partial charge in [-0.2, -0.15) is 0 Å². The molecule has 0 heterocycles. The molecule has 0 nitrogen and oxygen atoms in total. The molecule has 0 aliphatic heterocycles. The van der Waals surface area contributed by atoms with Gasteiger partial charge in [-0.15, -0.1) is 6.42 Å². The fourth-order valence-corrected chi connectivity index (χ4v) is 1.69. The molecule has 106 valence electrons. The summed E-state index contributed by atoms with van der Waals surface area (Å²) in [6.45, 7) is 0. The normalized spacial score (nSPS) is 10.2. The zero-order valence-corrected chi connectivity index (χ0v) is 9.72. The Balaban J connectivity index is 3.15. The van der Waals surface area contributed by atoms with Crippen LogP contribution in [0.5, 0.6) is 0 Å². The van der Waals surface area contributed by atoms with Crippen LogP contribution in [0.1, 0.15) is 5.56 Å². The van der Waals surface area contributed by atoms with E-state index in [0.29, 0.717) is 0 Å². The summed E-state index contributed by atoms with van der Waals surface area (Å²) in [5.41, 5.74) is -1.32. The Kier molecular flexibility index (Phi) is 3.52. The largest absolute Gasteiger partial charge is 0.205 e. The van der Waals surface area contributed by atoms with Gasteiger partial charge < -0.3 is 0 Å². The summed E-state index contributed by atoms with van der Waals surface area (Å²) >= 11 is 0. The summed E-state index contributed by atoms with van der Waals surface area (Å²) in [5, 5.41) is -3.28. The van der Waals surface area contributed by atoms with Crippen LogP contribution in [0, 0.1) is 64.9 Å². The quantitative estimate of drug-likeness (QED) is 0.300. The molecule has 21 heavy (non-hydrogen) atoms. The number of fused-ring (bicyclic) bond motifs is 1. The third-order valence-corrected chi connectivity index (χ3v) is 2.60. The second kappa shape index (κ2) is 5.02. The van der Waals surface area contributed by atoms with Crippen molar-refractivity contribution in [3.05, 3.63) is 46.3 Å². The first-order chi connectivity index (χ1) is 9.82. The highest BCUT2D eigenvalue weighted by Crippen LogP contribution is 2.33. The zero-order chi connectivity index (χ0) is 15.9. The van der Waals surface area contributed by atoms with E-state index in [1.54, 1.807) is 17.8 Å². The highest BCUT2D eigenvalue weighted by atomic mass is 19.2. The Hall–Kier alpha value is -2.67. The van der Waals surface area contributed by atoms with E-state index in [1.165, 1.54) is 0 Å². The first kappa shape index (κ1) is 14.7. The van der Waals surface area contributed by atoms with Gasteiger partial charge in [0.05, 0.1) is 10.8 Å². The Labute approximate surface area is 113 Å². The summed E-state index contributed by atoms with van der Waals surface area (Å²) in [5.74, 6) is -10.1. The summed E-state index contributed by atoms with van der Waals surface area (Å²) in [7, 11) is 0. The van der Waals surface area contributed by atoms with Crippen molar-refractivity contribution in [2.45, 2.75) is 0 Å². The molecule has 0 N–H and O–H groups in total. The van der Waals surface area contributed by atoms with Gasteiger partial charge in [0.2, 0.25) is 0 Å². The number of rotatable bonds is 0. The summed E-state index contributed by atoms with van der Waals surface area (Å²) in [4.78, 5) is 0. The minimum absolute atomic E-state index is 1.32. The molecule has 0 amide bonds. The van der Waals surface area contributed by atoms with Crippen LogP contribution < -0.4 is 0 Å². The summed E-state index contributed by atoms with van der Waals surface area (Å²) < 4.78 is 94.2. The third-order valence-electron chi connectivity index (χ3n) is 2.60. The molecule has 0 saturated carbocycles. The summed E-state index contributed by atoms with van der Waals surface area (Å²) in [6.07, 6.45) is 4.72. The van der Waals surface area contributed by atoms with Crippen molar-refractivity contribution in [2.75, 3.05) is 0 Å². The van der Waals surface area contributed by atoms with Crippen molar-refractivity contribution >= 4 is 10.8 Å². The number of hydrogen-bond acceptors (Lipinski definition) is 0. The average Bonchev–Trinajstić information content (AvgIpc) is 2.46. The Morgan fingerprint density at radius 2 is 1.00 bits per heavy atom. The van der Waals surface area contributed by atoms with Crippen molar-refractivity contribution in [2.24, 2.45) is 0 Å². The smallest absolute Gasteiger partial charge is 0.198 e. The van der Waals surface area contributed by atoms with Crippen molar-refractivity contribution in [1.29, 1.82) is 0 Å². The highest BCUT2D eigenvalue weighted by Gasteiger charge is 2.29. The van der Waals surface area contributed by atoms with Crippen LogP contribution in [0.15, 0.2) is 0 Å². The van der Waals surface area contributed by atoms with Gasteiger partial charge in [-0.05, 0) is 17.8 Å². The van der Waals surface area contributed by atoms with Gasteiger partial charge >= 0.3 is 0 Å². The Bertz CT molecular complexity index is 879. The van der Waals surface area contributed by atoms with E-state index in [9.17, 15) is 30.7 Å². The molecule has 2 aromatic rings. The number of halogens is 7. The minimum Gasteiger partial charge on any atom is -0.205 e. The van der Waals surface area contributed by atoms with Crippen LogP contribution in [0.25, 0.3) is 10.8 Å². The summed E-state index contributed by atoms with van der Waals surface area (Å²) in [6, 6.07) is 0. The molecule has 0 unspecified atom stereocenters. The first-order valence-corrected chi connectivity index (χ1v) is 5.11. The maximum Gasteiger partial charge on any atom is 0.198 e. The minimum atomic E-state index is -2.39. The monoisotopic (exact) mass is 302 g/mol. The topological polar surface area (TPSA) is 0 Å². The molecule has 0 aliphatic rings. The van der Waals surface area contributed by atoms with Crippen molar-refractivity contribution in [3.8, 4) is 24.2 Å². The fourth-order valence-electron chi connectivity index (χ4n) is 1.69. The van der Waals surface area contributed by atoms with Gasteiger partial charge in [0.25, 0.3) is 0 Å². The van der Waals surface area contributed by atoms with Crippen molar-refractivity contribution < 1.29 is 30.7 Å². The second-order valence-electron chi connectivity index (χ2n) is 3.72. The Morgan fingerprint density at radius 3 is 1.48 bits per heavy atom. The molecule has 0 saturated heterocycles. The van der Waals surface area contributed by atoms with Crippen LogP contribution in [-0.4, -0.2) is 0 Å². The van der Waals surface area contributed by atoms with Gasteiger partial charge in [0.15, 0.2) is 40.7 Å². The fraction of sp³-hybridized carbons (Fsp3) is 0. The average molecular weight is 302 g/mol. The molecule has 0 spiro atoms. The lowest BCUT2D eigenvalue weighted by molar-refractivity contribution is 0.411. The predicted molar refractivity (Wildman–Crippen MR) is 59.4 cm³/mol. The first-order valence-electron chi connectivity index (χ1n) is 5.11. The van der Waals surface area contributed by atoms with Crippen LogP contribution in [0.4, 0.5) is 30.7 Å². The van der Waals surface area contributed by atoms with E-state index >= 15 is 0 Å². The molecule has 2 aromatic carbocycles. The maximum atomic E-state index is 13.9.